The van der Waals surface area contributed by atoms with Crippen molar-refractivity contribution in [3.05, 3.63) is 115 Å². The fraction of sp³-hybridized carbons (Fsp3) is 0.650. The van der Waals surface area contributed by atoms with E-state index in [2.05, 4.69) is 56.1 Å². The summed E-state index contributed by atoms with van der Waals surface area (Å²) >= 11 is 0. The largest absolute Gasteiger partial charge is 0.508 e. The molecule has 16 nitrogen and oxygen atoms in total. The van der Waals surface area contributed by atoms with Crippen LogP contribution in [0.2, 0.25) is 0 Å². The molecular formula is C60H94N2O14. The van der Waals surface area contributed by atoms with Gasteiger partial charge in [-0.2, -0.15) is 0 Å². The summed E-state index contributed by atoms with van der Waals surface area (Å²) in [5, 5.41) is 79.3. The van der Waals surface area contributed by atoms with Crippen LogP contribution in [0.25, 0.3) is 0 Å². The first-order valence-corrected chi connectivity index (χ1v) is 27.3. The van der Waals surface area contributed by atoms with E-state index in [4.69, 9.17) is 4.74 Å². The van der Waals surface area contributed by atoms with E-state index in [-0.39, 0.29) is 71.5 Å². The van der Waals surface area contributed by atoms with Gasteiger partial charge in [0.1, 0.15) is 29.6 Å². The number of esters is 1. The topological polar surface area (TPSA) is 252 Å². The summed E-state index contributed by atoms with van der Waals surface area (Å²) in [6, 6.07) is 7.89. The predicted molar refractivity (Wildman–Crippen MR) is 298 cm³/mol. The van der Waals surface area contributed by atoms with Crippen LogP contribution in [-0.4, -0.2) is 77.8 Å². The zero-order chi connectivity index (χ0) is 57.6. The molecule has 1 unspecified atom stereocenters. The van der Waals surface area contributed by atoms with Crippen LogP contribution in [0.15, 0.2) is 78.4 Å². The van der Waals surface area contributed by atoms with Crippen LogP contribution in [0.4, 0.5) is 0 Å². The Morgan fingerprint density at radius 3 is 1.47 bits per heavy atom. The first kappa shape index (κ1) is 66.5. The number of benzene rings is 2. The van der Waals surface area contributed by atoms with Crippen molar-refractivity contribution in [2.75, 3.05) is 19.8 Å². The quantitative estimate of drug-likeness (QED) is 0.0211. The fourth-order valence-corrected chi connectivity index (χ4v) is 9.87. The number of allylic oxidation sites excluding steroid dienone is 4. The highest BCUT2D eigenvalue weighted by Crippen LogP contribution is 2.48. The summed E-state index contributed by atoms with van der Waals surface area (Å²) in [7, 11) is 0. The van der Waals surface area contributed by atoms with Gasteiger partial charge >= 0.3 is 5.97 Å². The molecule has 2 aromatic rings. The van der Waals surface area contributed by atoms with E-state index in [0.29, 0.717) is 54.9 Å². The Labute approximate surface area is 453 Å². The highest BCUT2D eigenvalue weighted by atomic mass is 17.0. The number of hydrogen-bond donors (Lipinski definition) is 6. The van der Waals surface area contributed by atoms with Gasteiger partial charge < -0.3 is 45.1 Å². The number of aliphatic hydroxyl groups is 2. The Morgan fingerprint density at radius 2 is 1.13 bits per heavy atom. The van der Waals surface area contributed by atoms with E-state index in [1.165, 1.54) is 13.0 Å². The van der Waals surface area contributed by atoms with Gasteiger partial charge in [-0.15, -0.1) is 20.2 Å². The molecule has 0 bridgehead atoms. The smallest absolute Gasteiger partial charge is 0.302 e. The molecule has 0 aromatic heterocycles. The van der Waals surface area contributed by atoms with Gasteiger partial charge in [-0.1, -0.05) is 125 Å². The van der Waals surface area contributed by atoms with Gasteiger partial charge in [0.25, 0.3) is 10.2 Å². The number of rotatable bonds is 22. The minimum absolute atomic E-state index is 0.0102. The van der Waals surface area contributed by atoms with Gasteiger partial charge in [-0.25, -0.2) is 0 Å². The summed E-state index contributed by atoms with van der Waals surface area (Å²) < 4.78 is 5.15. The van der Waals surface area contributed by atoms with Gasteiger partial charge in [-0.3, -0.25) is 4.79 Å². The highest BCUT2D eigenvalue weighted by Gasteiger charge is 2.33. The predicted octanol–water partition coefficient (Wildman–Crippen LogP) is 13.6. The number of phenols is 4. The molecule has 3 aliphatic carbocycles. The van der Waals surface area contributed by atoms with Gasteiger partial charge in [0.05, 0.1) is 24.4 Å². The molecule has 0 saturated carbocycles. The van der Waals surface area contributed by atoms with Crippen molar-refractivity contribution in [1.82, 2.24) is 0 Å². The molecule has 0 fully saturated rings. The Morgan fingerprint density at radius 1 is 0.711 bits per heavy atom. The lowest BCUT2D eigenvalue weighted by Gasteiger charge is -2.33. The number of aromatic hydroxyl groups is 4. The minimum Gasteiger partial charge on any atom is -0.508 e. The minimum atomic E-state index is -0.796. The van der Waals surface area contributed by atoms with E-state index in [0.717, 1.165) is 86.5 Å². The standard InChI is InChI=1S/C25H35NO7.C13H19NO5.2C11H20O/c1-16(2)20-9-8-18(15-32-17(3)27)12-21(20)24-22(28)13-19(14-23(24)29)25(4,5)10-6-7-11-33-26(30)31;1-13(2,5-3-4-6-19-14(17)18)10-7-11(15)9-12(16)8-10;2*1-4-11(12)7-5-10(6-8-11)9(2)3/h12-14,20-21,28-29H,1,6-11,15H2,2-5H3;7-9,15-16H,3-6H2,1-2H3;2*5,7,9-10,12H,4,6,8H2,1-3H3/t20?,21-;;10-,11+;10-,11-/m0.11/s1. The molecule has 6 atom stereocenters. The van der Waals surface area contributed by atoms with Crippen molar-refractivity contribution in [1.29, 1.82) is 0 Å². The van der Waals surface area contributed by atoms with Crippen molar-refractivity contribution >= 4 is 5.97 Å². The normalized spacial score (nSPS) is 22.1. The van der Waals surface area contributed by atoms with Gasteiger partial charge in [-0.05, 0) is 165 Å². The molecule has 6 N–H and O–H groups in total. The average Bonchev–Trinajstić information content (AvgIpc) is 3.33. The summed E-state index contributed by atoms with van der Waals surface area (Å²) in [5.74, 6) is 2.27. The second-order valence-corrected chi connectivity index (χ2v) is 23.1. The van der Waals surface area contributed by atoms with Crippen molar-refractivity contribution in [3.8, 4) is 23.0 Å². The van der Waals surface area contributed by atoms with Crippen LogP contribution in [0.1, 0.15) is 196 Å². The van der Waals surface area contributed by atoms with Crippen LogP contribution < -0.4 is 0 Å². The van der Waals surface area contributed by atoms with Crippen LogP contribution in [0.3, 0.4) is 0 Å². The molecule has 0 spiro atoms. The fourth-order valence-electron chi connectivity index (χ4n) is 9.87. The van der Waals surface area contributed by atoms with Gasteiger partial charge in [0.2, 0.25) is 0 Å². The van der Waals surface area contributed by atoms with Crippen LogP contribution in [0, 0.1) is 49.8 Å². The third-order valence-electron chi connectivity index (χ3n) is 15.5. The van der Waals surface area contributed by atoms with Gasteiger partial charge in [0.15, 0.2) is 0 Å². The average molecular weight is 1070 g/mol. The zero-order valence-corrected chi connectivity index (χ0v) is 47.8. The molecule has 76 heavy (non-hydrogen) atoms. The SMILES string of the molecule is C=C(C)C1CCC(COC(C)=O)=C[C@@H]1c1c(O)cc(C(C)(C)CCCCO[N+](=O)[O-])cc1O.CC(C)(CCCCO[N+](=O)[O-])c1cc(O)cc(O)c1.CC[C@@]1(O)C=C[C@@H](C(C)C)CC1.CC[C@]1(O)C=C[C@@H](C(C)C)CC1. The number of phenolic OH excluding ortho intramolecular Hbond substituents is 4. The molecule has 3 aliphatic rings. The van der Waals surface area contributed by atoms with Gasteiger partial charge in [0, 0.05) is 24.5 Å². The number of ether oxygens (including phenoxy) is 1. The summed E-state index contributed by atoms with van der Waals surface area (Å²) in [6.45, 7) is 28.8. The maximum Gasteiger partial charge on any atom is 0.302 e. The Kier molecular flexibility index (Phi) is 27.1. The van der Waals surface area contributed by atoms with E-state index < -0.39 is 21.4 Å². The molecule has 0 amide bonds. The number of unbranched alkanes of at least 4 members (excludes halogenated alkanes) is 2. The molecule has 0 radical (unpaired) electrons. The molecule has 0 aliphatic heterocycles. The molecule has 2 aromatic carbocycles. The first-order chi connectivity index (χ1) is 35.4. The number of hydrogen-bond acceptors (Lipinski definition) is 14. The summed E-state index contributed by atoms with van der Waals surface area (Å²) in [4.78, 5) is 40.1. The molecule has 0 saturated heterocycles. The van der Waals surface area contributed by atoms with E-state index in [9.17, 15) is 55.7 Å². The molecule has 428 valence electrons. The molecule has 0 heterocycles. The van der Waals surface area contributed by atoms with Crippen LogP contribution >= 0.6 is 0 Å². The lowest BCUT2D eigenvalue weighted by molar-refractivity contribution is -0.757. The third kappa shape index (κ3) is 22.9. The second kappa shape index (κ2) is 31.0. The van der Waals surface area contributed by atoms with Crippen molar-refractivity contribution in [2.24, 2.45) is 29.6 Å². The van der Waals surface area contributed by atoms with Crippen LogP contribution in [-0.2, 0) is 30.0 Å². The first-order valence-electron chi connectivity index (χ1n) is 27.3. The lowest BCUT2D eigenvalue weighted by Crippen LogP contribution is -2.29. The lowest BCUT2D eigenvalue weighted by atomic mass is 9.72. The molecule has 5 rings (SSSR count). The Hall–Kier alpha value is -5.61. The van der Waals surface area contributed by atoms with E-state index in [1.807, 2.05) is 66.7 Å². The van der Waals surface area contributed by atoms with Crippen molar-refractivity contribution in [2.45, 2.75) is 201 Å². The number of carbonyl (C=O) groups excluding carboxylic acids is 1. The highest BCUT2D eigenvalue weighted by molar-refractivity contribution is 5.66. The van der Waals surface area contributed by atoms with Crippen molar-refractivity contribution < 1.29 is 60.0 Å². The monoisotopic (exact) mass is 1070 g/mol. The van der Waals surface area contributed by atoms with Crippen molar-refractivity contribution in [3.63, 3.8) is 0 Å². The molecule has 16 heteroatoms. The Balaban J connectivity index is 0.000000385. The number of nitrogens with zero attached hydrogens (tertiary/aromatic N) is 2. The summed E-state index contributed by atoms with van der Waals surface area (Å²) in [5.41, 5.74) is 2.39. The maximum absolute atomic E-state index is 11.2. The van der Waals surface area contributed by atoms with E-state index >= 15 is 0 Å². The zero-order valence-electron chi connectivity index (χ0n) is 47.8. The number of carbonyl (C=O) groups is 1. The second-order valence-electron chi connectivity index (χ2n) is 23.1. The van der Waals surface area contributed by atoms with E-state index in [1.54, 1.807) is 24.3 Å². The Bertz CT molecular complexity index is 2180. The van der Waals surface area contributed by atoms with Crippen LogP contribution in [0.5, 0.6) is 23.0 Å². The molecular weight excluding hydrogens is 973 g/mol. The summed E-state index contributed by atoms with van der Waals surface area (Å²) in [6.07, 6.45) is 21.8. The third-order valence-corrected chi connectivity index (χ3v) is 15.5. The maximum atomic E-state index is 11.2.